The highest BCUT2D eigenvalue weighted by molar-refractivity contribution is 5.94. The lowest BCUT2D eigenvalue weighted by Gasteiger charge is -2.37. The molecule has 0 saturated carbocycles. The normalized spacial score (nSPS) is 16.1. The van der Waals surface area contributed by atoms with E-state index in [4.69, 9.17) is 4.74 Å². The Balaban J connectivity index is 1.26. The second kappa shape index (κ2) is 8.74. The van der Waals surface area contributed by atoms with E-state index in [0.717, 1.165) is 17.8 Å². The Morgan fingerprint density at radius 3 is 2.61 bits per heavy atom. The number of para-hydroxylation sites is 1. The van der Waals surface area contributed by atoms with Crippen LogP contribution in [0.15, 0.2) is 73.1 Å². The lowest BCUT2D eigenvalue weighted by molar-refractivity contribution is -0.119. The molecule has 2 aromatic carbocycles. The second-order valence-corrected chi connectivity index (χ2v) is 7.96. The summed E-state index contributed by atoms with van der Waals surface area (Å²) in [6.07, 6.45) is 4.46. The van der Waals surface area contributed by atoms with Gasteiger partial charge >= 0.3 is 6.01 Å². The molecule has 166 valence electrons. The number of aromatic nitrogens is 3. The molecule has 1 saturated heterocycles. The van der Waals surface area contributed by atoms with Gasteiger partial charge in [-0.3, -0.25) is 9.78 Å². The van der Waals surface area contributed by atoms with Gasteiger partial charge < -0.3 is 19.6 Å². The molecule has 8 heteroatoms. The Bertz CT molecular complexity index is 1280. The predicted octanol–water partition coefficient (Wildman–Crippen LogP) is 4.15. The smallest absolute Gasteiger partial charge is 0.325 e. The molecule has 1 unspecified atom stereocenters. The molecule has 0 radical (unpaired) electrons. The van der Waals surface area contributed by atoms with Gasteiger partial charge in [0, 0.05) is 43.6 Å². The fraction of sp³-hybridized carbons (Fsp3) is 0.200. The molecule has 1 N–H and O–H groups in total. The number of nitrogens with zero attached hydrogens (tertiary/aromatic N) is 5. The molecule has 0 spiro atoms. The number of anilines is 2. The van der Waals surface area contributed by atoms with Crippen LogP contribution in [0.5, 0.6) is 17.6 Å². The number of carbonyl (C=O) groups excluding carboxylic acids is 1. The number of ether oxygens (including phenoxy) is 1. The minimum Gasteiger partial charge on any atom is -0.493 e. The summed E-state index contributed by atoms with van der Waals surface area (Å²) >= 11 is 0. The third-order valence-electron chi connectivity index (χ3n) is 5.92. The van der Waals surface area contributed by atoms with Crippen LogP contribution in [0, 0.1) is 0 Å². The number of aromatic hydroxyl groups is 1. The summed E-state index contributed by atoms with van der Waals surface area (Å²) in [5, 5.41) is 10.6. The van der Waals surface area contributed by atoms with Gasteiger partial charge in [-0.15, -0.1) is 0 Å². The topological polar surface area (TPSA) is 91.7 Å². The third kappa shape index (κ3) is 4.27. The van der Waals surface area contributed by atoms with Crippen LogP contribution >= 0.6 is 0 Å². The summed E-state index contributed by atoms with van der Waals surface area (Å²) in [5.74, 6) is 0.525. The molecule has 2 aromatic heterocycles. The number of piperidine rings is 1. The SMILES string of the molecule is CN(c1ccc(Oc2nc(O)c3ccncc3n2)cc1)C1CCN(c2ccccc2)C(=O)C1. The average Bonchev–Trinajstić information content (AvgIpc) is 2.84. The molecule has 1 atom stereocenters. The average molecular weight is 441 g/mol. The highest BCUT2D eigenvalue weighted by atomic mass is 16.5. The van der Waals surface area contributed by atoms with Gasteiger partial charge in [0.2, 0.25) is 11.8 Å². The third-order valence-corrected chi connectivity index (χ3v) is 5.92. The number of hydrogen-bond acceptors (Lipinski definition) is 7. The maximum atomic E-state index is 12.8. The quantitative estimate of drug-likeness (QED) is 0.497. The molecule has 1 aliphatic heterocycles. The van der Waals surface area contributed by atoms with Crippen LogP contribution in [0.2, 0.25) is 0 Å². The Hall–Kier alpha value is -4.20. The number of pyridine rings is 1. The second-order valence-electron chi connectivity index (χ2n) is 7.96. The summed E-state index contributed by atoms with van der Waals surface area (Å²) in [4.78, 5) is 29.1. The summed E-state index contributed by atoms with van der Waals surface area (Å²) < 4.78 is 5.74. The van der Waals surface area contributed by atoms with Gasteiger partial charge in [0.1, 0.15) is 5.75 Å². The van der Waals surface area contributed by atoms with Crippen LogP contribution in [0.3, 0.4) is 0 Å². The first-order valence-corrected chi connectivity index (χ1v) is 10.8. The Kier molecular flexibility index (Phi) is 5.48. The molecule has 4 aromatic rings. The first kappa shape index (κ1) is 20.7. The van der Waals surface area contributed by atoms with Gasteiger partial charge in [-0.05, 0) is 48.9 Å². The molecular formula is C25H23N5O3. The minimum atomic E-state index is -0.153. The molecule has 5 rings (SSSR count). The van der Waals surface area contributed by atoms with E-state index in [1.54, 1.807) is 18.5 Å². The number of benzene rings is 2. The fourth-order valence-electron chi connectivity index (χ4n) is 4.08. The van der Waals surface area contributed by atoms with Crippen LogP contribution in [0.1, 0.15) is 12.8 Å². The van der Waals surface area contributed by atoms with E-state index < -0.39 is 0 Å². The molecule has 1 aliphatic rings. The van der Waals surface area contributed by atoms with Gasteiger partial charge in [0.25, 0.3) is 0 Å². The summed E-state index contributed by atoms with van der Waals surface area (Å²) in [6.45, 7) is 0.691. The maximum Gasteiger partial charge on any atom is 0.325 e. The van der Waals surface area contributed by atoms with Crippen LogP contribution in [0.25, 0.3) is 10.9 Å². The van der Waals surface area contributed by atoms with Crippen LogP contribution in [-0.4, -0.2) is 45.6 Å². The molecule has 0 aliphatic carbocycles. The monoisotopic (exact) mass is 441 g/mol. The van der Waals surface area contributed by atoms with E-state index in [9.17, 15) is 9.90 Å². The summed E-state index contributed by atoms with van der Waals surface area (Å²) in [6, 6.07) is 19.1. The Morgan fingerprint density at radius 2 is 1.85 bits per heavy atom. The number of carbonyl (C=O) groups is 1. The van der Waals surface area contributed by atoms with Crippen molar-refractivity contribution in [3.05, 3.63) is 73.1 Å². The zero-order valence-electron chi connectivity index (χ0n) is 18.1. The summed E-state index contributed by atoms with van der Waals surface area (Å²) in [7, 11) is 2.00. The van der Waals surface area contributed by atoms with Crippen molar-refractivity contribution in [2.45, 2.75) is 18.9 Å². The van der Waals surface area contributed by atoms with Crippen LogP contribution < -0.4 is 14.5 Å². The number of fused-ring (bicyclic) bond motifs is 1. The molecule has 1 amide bonds. The fourth-order valence-corrected chi connectivity index (χ4v) is 4.08. The lowest BCUT2D eigenvalue weighted by atomic mass is 10.0. The Morgan fingerprint density at radius 1 is 1.06 bits per heavy atom. The van der Waals surface area contributed by atoms with Crippen molar-refractivity contribution in [1.29, 1.82) is 0 Å². The van der Waals surface area contributed by atoms with E-state index in [0.29, 0.717) is 29.6 Å². The zero-order chi connectivity index (χ0) is 22.8. The van der Waals surface area contributed by atoms with Crippen LogP contribution in [0.4, 0.5) is 11.4 Å². The van der Waals surface area contributed by atoms with Crippen molar-refractivity contribution in [3.63, 3.8) is 0 Å². The molecule has 3 heterocycles. The van der Waals surface area contributed by atoms with Gasteiger partial charge in [-0.2, -0.15) is 9.97 Å². The number of rotatable bonds is 5. The van der Waals surface area contributed by atoms with Crippen molar-refractivity contribution in [1.82, 2.24) is 15.0 Å². The van der Waals surface area contributed by atoms with Crippen molar-refractivity contribution >= 4 is 28.2 Å². The van der Waals surface area contributed by atoms with E-state index in [1.807, 2.05) is 66.5 Å². The molecule has 33 heavy (non-hydrogen) atoms. The van der Waals surface area contributed by atoms with E-state index in [1.165, 1.54) is 0 Å². The molecule has 0 bridgehead atoms. The largest absolute Gasteiger partial charge is 0.493 e. The van der Waals surface area contributed by atoms with Crippen molar-refractivity contribution < 1.29 is 14.6 Å². The zero-order valence-corrected chi connectivity index (χ0v) is 18.1. The van der Waals surface area contributed by atoms with Gasteiger partial charge in [-0.1, -0.05) is 18.2 Å². The predicted molar refractivity (Wildman–Crippen MR) is 126 cm³/mol. The van der Waals surface area contributed by atoms with Crippen molar-refractivity contribution in [2.24, 2.45) is 0 Å². The molecule has 8 nitrogen and oxygen atoms in total. The van der Waals surface area contributed by atoms with E-state index in [2.05, 4.69) is 19.9 Å². The first-order valence-electron chi connectivity index (χ1n) is 10.8. The van der Waals surface area contributed by atoms with Crippen LogP contribution in [-0.2, 0) is 4.79 Å². The van der Waals surface area contributed by atoms with Gasteiger partial charge in [0.15, 0.2) is 0 Å². The summed E-state index contributed by atoms with van der Waals surface area (Å²) in [5.41, 5.74) is 2.44. The standard InChI is InChI=1S/C25H23N5O3/c1-29(19-12-14-30(23(31)15-19)18-5-3-2-4-6-18)17-7-9-20(10-8-17)33-25-27-22-16-26-13-11-21(22)24(32)28-25/h2-11,13,16,19H,12,14-15H2,1H3,(H,27,28,32). The minimum absolute atomic E-state index is 0.0491. The maximum absolute atomic E-state index is 12.8. The highest BCUT2D eigenvalue weighted by Crippen LogP contribution is 2.29. The lowest BCUT2D eigenvalue weighted by Crippen LogP contribution is -2.46. The highest BCUT2D eigenvalue weighted by Gasteiger charge is 2.29. The number of amides is 1. The van der Waals surface area contributed by atoms with E-state index >= 15 is 0 Å². The molecule has 1 fully saturated rings. The van der Waals surface area contributed by atoms with Gasteiger partial charge in [0.05, 0.1) is 17.1 Å². The van der Waals surface area contributed by atoms with Crippen molar-refractivity contribution in [3.8, 4) is 17.6 Å². The van der Waals surface area contributed by atoms with Crippen molar-refractivity contribution in [2.75, 3.05) is 23.4 Å². The van der Waals surface area contributed by atoms with E-state index in [-0.39, 0.29) is 23.8 Å². The Labute approximate surface area is 191 Å². The van der Waals surface area contributed by atoms with Gasteiger partial charge in [-0.25, -0.2) is 0 Å². The molecular weight excluding hydrogens is 418 g/mol. The first-order chi connectivity index (χ1) is 16.1. The number of hydrogen-bond donors (Lipinski definition) is 1.